The van der Waals surface area contributed by atoms with E-state index < -0.39 is 0 Å². The number of nitrogens with one attached hydrogen (secondary N) is 2. The van der Waals surface area contributed by atoms with Crippen molar-refractivity contribution in [3.05, 3.63) is 36.0 Å². The topological polar surface area (TPSA) is 128 Å². The van der Waals surface area contributed by atoms with E-state index >= 15 is 0 Å². The van der Waals surface area contributed by atoms with Crippen molar-refractivity contribution in [2.24, 2.45) is 0 Å². The first-order chi connectivity index (χ1) is 12.7. The van der Waals surface area contributed by atoms with Crippen LogP contribution >= 0.6 is 0 Å². The van der Waals surface area contributed by atoms with Gasteiger partial charge in [0, 0.05) is 25.5 Å². The number of ether oxygens (including phenoxy) is 2. The summed E-state index contributed by atoms with van der Waals surface area (Å²) in [7, 11) is 3.16. The van der Waals surface area contributed by atoms with Gasteiger partial charge in [-0.25, -0.2) is 4.98 Å². The van der Waals surface area contributed by atoms with Crippen molar-refractivity contribution in [2.75, 3.05) is 14.2 Å². The molecule has 0 aliphatic rings. The molecule has 10 nitrogen and oxygen atoms in total. The molecular weight excluding hydrogens is 340 g/mol. The van der Waals surface area contributed by atoms with E-state index in [1.807, 2.05) is 12.1 Å². The smallest absolute Gasteiger partial charge is 0.239 e. The van der Waals surface area contributed by atoms with Gasteiger partial charge in [-0.15, -0.1) is 0 Å². The first-order valence-electron chi connectivity index (χ1n) is 7.85. The Morgan fingerprint density at radius 3 is 2.65 bits per heavy atom. The summed E-state index contributed by atoms with van der Waals surface area (Å²) in [5, 5.41) is 13.0. The van der Waals surface area contributed by atoms with Gasteiger partial charge in [0.1, 0.15) is 17.8 Å². The first kappa shape index (κ1) is 17.4. The summed E-state index contributed by atoms with van der Waals surface area (Å²) in [4.78, 5) is 20.1. The van der Waals surface area contributed by atoms with E-state index in [2.05, 4.69) is 30.6 Å². The lowest BCUT2D eigenvalue weighted by Gasteiger charge is -2.09. The number of amides is 1. The average molecular weight is 358 g/mol. The van der Waals surface area contributed by atoms with Gasteiger partial charge in [0.2, 0.25) is 17.6 Å². The minimum absolute atomic E-state index is 0.133. The second-order valence-corrected chi connectivity index (χ2v) is 5.34. The van der Waals surface area contributed by atoms with E-state index in [1.54, 1.807) is 20.3 Å². The van der Waals surface area contributed by atoms with Gasteiger partial charge in [-0.1, -0.05) is 5.16 Å². The van der Waals surface area contributed by atoms with Gasteiger partial charge >= 0.3 is 0 Å². The molecule has 0 unspecified atom stereocenters. The molecule has 0 bridgehead atoms. The van der Waals surface area contributed by atoms with Crippen LogP contribution in [-0.2, 0) is 17.8 Å². The third-order valence-electron chi connectivity index (χ3n) is 3.56. The molecule has 0 aliphatic carbocycles. The number of aromatic amines is 1. The van der Waals surface area contributed by atoms with Crippen LogP contribution in [0.5, 0.6) is 11.5 Å². The minimum Gasteiger partial charge on any atom is -0.497 e. The standard InChI is InChI=1S/C16H18N6O4/c1-24-11-5-10(6-12(7-11)25-2)8-17-13(23)3-4-14-20-16(22-26-14)15-18-9-19-21-15/h5-7,9H,3-4,8H2,1-2H3,(H,17,23)(H,18,19,21). The minimum atomic E-state index is -0.133. The Balaban J connectivity index is 1.50. The Kier molecular flexibility index (Phi) is 5.42. The third-order valence-corrected chi connectivity index (χ3v) is 3.56. The lowest BCUT2D eigenvalue weighted by molar-refractivity contribution is -0.121. The van der Waals surface area contributed by atoms with Crippen molar-refractivity contribution >= 4 is 5.91 Å². The third kappa shape index (κ3) is 4.35. The molecule has 0 saturated heterocycles. The summed E-state index contributed by atoms with van der Waals surface area (Å²) >= 11 is 0. The fourth-order valence-electron chi connectivity index (χ4n) is 2.24. The maximum absolute atomic E-state index is 12.0. The van der Waals surface area contributed by atoms with Crippen LogP contribution in [0.1, 0.15) is 17.9 Å². The molecule has 0 atom stereocenters. The van der Waals surface area contributed by atoms with Crippen LogP contribution in [0, 0.1) is 0 Å². The SMILES string of the molecule is COc1cc(CNC(=O)CCc2nc(-c3ncn[nH]3)no2)cc(OC)c1. The Bertz CT molecular complexity index is 839. The van der Waals surface area contributed by atoms with Crippen LogP contribution in [0.2, 0.25) is 0 Å². The van der Waals surface area contributed by atoms with Crippen molar-refractivity contribution in [1.29, 1.82) is 0 Å². The number of carbonyl (C=O) groups excluding carboxylic acids is 1. The highest BCUT2D eigenvalue weighted by atomic mass is 16.5. The summed E-state index contributed by atoms with van der Waals surface area (Å²) in [5.74, 6) is 2.28. The molecule has 3 aromatic rings. The molecule has 1 aromatic carbocycles. The van der Waals surface area contributed by atoms with Gasteiger partial charge in [0.25, 0.3) is 0 Å². The van der Waals surface area contributed by atoms with Gasteiger partial charge < -0.3 is 19.3 Å². The van der Waals surface area contributed by atoms with Crippen molar-refractivity contribution in [2.45, 2.75) is 19.4 Å². The largest absolute Gasteiger partial charge is 0.497 e. The van der Waals surface area contributed by atoms with E-state index in [9.17, 15) is 4.79 Å². The maximum atomic E-state index is 12.0. The lowest BCUT2D eigenvalue weighted by Crippen LogP contribution is -2.23. The Morgan fingerprint density at radius 1 is 1.23 bits per heavy atom. The van der Waals surface area contributed by atoms with Crippen molar-refractivity contribution in [3.63, 3.8) is 0 Å². The number of benzene rings is 1. The number of hydrogen-bond acceptors (Lipinski definition) is 8. The number of aromatic nitrogens is 5. The predicted octanol–water partition coefficient (Wildman–Crippen LogP) is 1.12. The molecule has 0 spiro atoms. The molecule has 3 rings (SSSR count). The molecule has 0 fully saturated rings. The Labute approximate surface area is 148 Å². The number of methoxy groups -OCH3 is 2. The van der Waals surface area contributed by atoms with Crippen LogP contribution < -0.4 is 14.8 Å². The Morgan fingerprint density at radius 2 is 2.00 bits per heavy atom. The van der Waals surface area contributed by atoms with Crippen molar-refractivity contribution in [3.8, 4) is 23.1 Å². The monoisotopic (exact) mass is 358 g/mol. The number of hydrogen-bond donors (Lipinski definition) is 2. The molecule has 136 valence electrons. The highest BCUT2D eigenvalue weighted by Crippen LogP contribution is 2.22. The zero-order valence-electron chi connectivity index (χ0n) is 14.4. The van der Waals surface area contributed by atoms with Crippen LogP contribution in [0.3, 0.4) is 0 Å². The molecular formula is C16H18N6O4. The number of nitrogens with zero attached hydrogens (tertiary/aromatic N) is 4. The predicted molar refractivity (Wildman–Crippen MR) is 89.4 cm³/mol. The summed E-state index contributed by atoms with van der Waals surface area (Å²) in [6, 6.07) is 5.45. The van der Waals surface area contributed by atoms with Crippen LogP contribution in [0.25, 0.3) is 11.6 Å². The van der Waals surface area contributed by atoms with Gasteiger partial charge in [0.15, 0.2) is 5.82 Å². The molecule has 0 aliphatic heterocycles. The zero-order valence-corrected chi connectivity index (χ0v) is 14.4. The number of rotatable bonds is 8. The van der Waals surface area contributed by atoms with Gasteiger partial charge in [-0.2, -0.15) is 10.1 Å². The van der Waals surface area contributed by atoms with Crippen molar-refractivity contribution < 1.29 is 18.8 Å². The van der Waals surface area contributed by atoms with E-state index in [0.717, 1.165) is 5.56 Å². The molecule has 1 amide bonds. The molecule has 10 heteroatoms. The van der Waals surface area contributed by atoms with Crippen molar-refractivity contribution in [1.82, 2.24) is 30.6 Å². The molecule has 2 heterocycles. The molecule has 26 heavy (non-hydrogen) atoms. The average Bonchev–Trinajstić information content (AvgIpc) is 3.35. The van der Waals surface area contributed by atoms with E-state index in [0.29, 0.717) is 42.0 Å². The molecule has 0 saturated carbocycles. The van der Waals surface area contributed by atoms with Crippen LogP contribution in [-0.4, -0.2) is 45.4 Å². The summed E-state index contributed by atoms with van der Waals surface area (Å²) < 4.78 is 15.5. The summed E-state index contributed by atoms with van der Waals surface area (Å²) in [6.07, 6.45) is 1.90. The first-order valence-corrected chi connectivity index (χ1v) is 7.85. The van der Waals surface area contributed by atoms with Crippen LogP contribution in [0.15, 0.2) is 29.0 Å². The zero-order chi connectivity index (χ0) is 18.4. The normalized spacial score (nSPS) is 10.5. The maximum Gasteiger partial charge on any atom is 0.239 e. The Hall–Kier alpha value is -3.43. The van der Waals surface area contributed by atoms with Gasteiger partial charge in [-0.3, -0.25) is 9.89 Å². The molecule has 0 radical (unpaired) electrons. The highest BCUT2D eigenvalue weighted by Gasteiger charge is 2.12. The summed E-state index contributed by atoms with van der Waals surface area (Å²) in [6.45, 7) is 0.361. The quantitative estimate of drug-likeness (QED) is 0.613. The van der Waals surface area contributed by atoms with E-state index in [1.165, 1.54) is 6.33 Å². The lowest BCUT2D eigenvalue weighted by atomic mass is 10.2. The second-order valence-electron chi connectivity index (χ2n) is 5.34. The number of carbonyl (C=O) groups is 1. The highest BCUT2D eigenvalue weighted by molar-refractivity contribution is 5.76. The van der Waals surface area contributed by atoms with Gasteiger partial charge in [0.05, 0.1) is 14.2 Å². The van der Waals surface area contributed by atoms with Crippen LogP contribution in [0.4, 0.5) is 0 Å². The fourth-order valence-corrected chi connectivity index (χ4v) is 2.24. The van der Waals surface area contributed by atoms with E-state index in [4.69, 9.17) is 14.0 Å². The second kappa shape index (κ2) is 8.10. The van der Waals surface area contributed by atoms with E-state index in [-0.39, 0.29) is 12.3 Å². The molecule has 2 N–H and O–H groups in total. The fraction of sp³-hybridized carbons (Fsp3) is 0.312. The summed E-state index contributed by atoms with van der Waals surface area (Å²) in [5.41, 5.74) is 0.875. The number of aryl methyl sites for hydroxylation is 1. The number of H-pyrrole nitrogens is 1. The molecule has 2 aromatic heterocycles. The van der Waals surface area contributed by atoms with Gasteiger partial charge in [-0.05, 0) is 17.7 Å².